The van der Waals surface area contributed by atoms with Crippen LogP contribution < -0.4 is 4.74 Å². The van der Waals surface area contributed by atoms with Gasteiger partial charge in [-0.2, -0.15) is 0 Å². The van der Waals surface area contributed by atoms with Crippen LogP contribution in [0.5, 0.6) is 23.0 Å². The van der Waals surface area contributed by atoms with Crippen LogP contribution in [0.4, 0.5) is 0 Å². The number of carbonyl (C=O) groups is 4. The van der Waals surface area contributed by atoms with E-state index >= 15 is 0 Å². The van der Waals surface area contributed by atoms with Crippen molar-refractivity contribution in [3.8, 4) is 34.1 Å². The quantitative estimate of drug-likeness (QED) is 0.0685. The summed E-state index contributed by atoms with van der Waals surface area (Å²) in [6.45, 7) is -0.150. The Balaban J connectivity index is 0.000000198. The third-order valence-corrected chi connectivity index (χ3v) is 7.35. The van der Waals surface area contributed by atoms with Crippen molar-refractivity contribution < 1.29 is 53.8 Å². The van der Waals surface area contributed by atoms with Crippen LogP contribution in [0.25, 0.3) is 21.9 Å². The molecule has 256 valence electrons. The molecule has 0 aliphatic carbocycles. The van der Waals surface area contributed by atoms with Gasteiger partial charge in [-0.1, -0.05) is 36.4 Å². The molecule has 11 heteroatoms. The van der Waals surface area contributed by atoms with Crippen molar-refractivity contribution in [3.05, 3.63) is 156 Å². The molecule has 0 heterocycles. The van der Waals surface area contributed by atoms with Gasteiger partial charge in [-0.15, -0.1) is 0 Å². The van der Waals surface area contributed by atoms with Crippen molar-refractivity contribution in [3.63, 3.8) is 0 Å². The zero-order chi connectivity index (χ0) is 36.3. The number of hydrogen-bond donors (Lipinski definition) is 4. The molecule has 0 unspecified atom stereocenters. The molecule has 0 aliphatic heterocycles. The number of carboxylic acids is 1. The second-order valence-corrected chi connectivity index (χ2v) is 10.9. The van der Waals surface area contributed by atoms with Crippen LogP contribution in [0.1, 0.15) is 41.4 Å². The van der Waals surface area contributed by atoms with Crippen LogP contribution in [0.3, 0.4) is 0 Å². The summed E-state index contributed by atoms with van der Waals surface area (Å²) in [5.74, 6) is -1.91. The predicted octanol–water partition coefficient (Wildman–Crippen LogP) is 7.24. The number of hydrogen-bond acceptors (Lipinski definition) is 10. The van der Waals surface area contributed by atoms with Gasteiger partial charge in [0.1, 0.15) is 36.2 Å². The van der Waals surface area contributed by atoms with Crippen molar-refractivity contribution in [2.24, 2.45) is 0 Å². The highest BCUT2D eigenvalue weighted by atomic mass is 16.6. The summed E-state index contributed by atoms with van der Waals surface area (Å²) in [6.07, 6.45) is 0. The fourth-order valence-electron chi connectivity index (χ4n) is 4.68. The summed E-state index contributed by atoms with van der Waals surface area (Å²) in [7, 11) is 0. The second-order valence-electron chi connectivity index (χ2n) is 10.9. The van der Waals surface area contributed by atoms with E-state index in [-0.39, 0.29) is 41.6 Å². The first-order chi connectivity index (χ1) is 24.5. The number of rotatable bonds is 9. The number of esters is 3. The van der Waals surface area contributed by atoms with E-state index in [0.29, 0.717) is 16.9 Å². The highest BCUT2D eigenvalue weighted by Gasteiger charge is 2.12. The zero-order valence-corrected chi connectivity index (χ0v) is 26.8. The van der Waals surface area contributed by atoms with Crippen molar-refractivity contribution in [2.45, 2.75) is 0 Å². The number of fused-ring (bicyclic) bond motifs is 1. The molecular weight excluding hydrogens is 656 g/mol. The van der Waals surface area contributed by atoms with Crippen LogP contribution in [-0.4, -0.2) is 57.5 Å². The Labute approximate surface area is 291 Å². The molecule has 0 saturated heterocycles. The maximum absolute atomic E-state index is 12.1. The number of carbonyl (C=O) groups excluding carboxylic acids is 3. The molecule has 6 aromatic rings. The number of phenols is 3. The van der Waals surface area contributed by atoms with Crippen LogP contribution in [0.2, 0.25) is 0 Å². The van der Waals surface area contributed by atoms with Crippen LogP contribution in [-0.2, 0) is 9.47 Å². The summed E-state index contributed by atoms with van der Waals surface area (Å²) in [4.78, 5) is 46.7. The number of aromatic hydroxyl groups is 3. The third kappa shape index (κ3) is 9.71. The SMILES string of the molecule is O=C(O)c1ccc(C(=O)Oc2ccc(-c3ccc(O)cc3)cc2)cc1.O=C(OCCOC(=O)c1ccc2cc(O)ccc2c1)c1ccc(O)cc1. The average molecular weight is 687 g/mol. The molecule has 6 rings (SSSR count). The van der Waals surface area contributed by atoms with Gasteiger partial charge in [-0.3, -0.25) is 0 Å². The van der Waals surface area contributed by atoms with Gasteiger partial charge in [0.05, 0.1) is 22.3 Å². The van der Waals surface area contributed by atoms with E-state index in [1.54, 1.807) is 72.8 Å². The fourth-order valence-corrected chi connectivity index (χ4v) is 4.68. The third-order valence-electron chi connectivity index (χ3n) is 7.35. The summed E-state index contributed by atoms with van der Waals surface area (Å²) in [5.41, 5.74) is 2.90. The summed E-state index contributed by atoms with van der Waals surface area (Å²) in [5, 5.41) is 38.4. The molecule has 0 saturated carbocycles. The maximum atomic E-state index is 12.1. The van der Waals surface area contributed by atoms with Crippen molar-refractivity contribution in [1.29, 1.82) is 0 Å². The number of ether oxygens (including phenoxy) is 3. The highest BCUT2D eigenvalue weighted by Crippen LogP contribution is 2.25. The molecule has 11 nitrogen and oxygen atoms in total. The van der Waals surface area contributed by atoms with Gasteiger partial charge in [-0.05, 0) is 119 Å². The molecule has 0 aliphatic rings. The molecule has 51 heavy (non-hydrogen) atoms. The largest absolute Gasteiger partial charge is 0.508 e. The van der Waals surface area contributed by atoms with E-state index in [2.05, 4.69) is 0 Å². The average Bonchev–Trinajstić information content (AvgIpc) is 3.14. The van der Waals surface area contributed by atoms with Crippen molar-refractivity contribution >= 4 is 34.6 Å². The molecular formula is C40H30O11. The molecule has 0 amide bonds. The first kappa shape index (κ1) is 35.2. The van der Waals surface area contributed by atoms with Crippen LogP contribution >= 0.6 is 0 Å². The number of benzene rings is 6. The molecule has 6 aromatic carbocycles. The van der Waals surface area contributed by atoms with Crippen molar-refractivity contribution in [1.82, 2.24) is 0 Å². The van der Waals surface area contributed by atoms with E-state index < -0.39 is 23.9 Å². The van der Waals surface area contributed by atoms with Gasteiger partial charge in [0.15, 0.2) is 0 Å². The van der Waals surface area contributed by atoms with Gasteiger partial charge in [0, 0.05) is 0 Å². The van der Waals surface area contributed by atoms with Crippen LogP contribution in [0, 0.1) is 0 Å². The Morgan fingerprint density at radius 2 is 0.843 bits per heavy atom. The molecule has 0 aromatic heterocycles. The lowest BCUT2D eigenvalue weighted by molar-refractivity contribution is 0.0266. The minimum absolute atomic E-state index is 0.0566. The number of aromatic carboxylic acids is 1. The van der Waals surface area contributed by atoms with E-state index in [0.717, 1.165) is 21.9 Å². The minimum Gasteiger partial charge on any atom is -0.508 e. The summed E-state index contributed by atoms with van der Waals surface area (Å²) in [6, 6.07) is 34.8. The smallest absolute Gasteiger partial charge is 0.343 e. The fraction of sp³-hybridized carbons (Fsp3) is 0.0500. The van der Waals surface area contributed by atoms with Crippen molar-refractivity contribution in [2.75, 3.05) is 13.2 Å². The monoisotopic (exact) mass is 686 g/mol. The summed E-state index contributed by atoms with van der Waals surface area (Å²) >= 11 is 0. The lowest BCUT2D eigenvalue weighted by Gasteiger charge is -2.07. The summed E-state index contributed by atoms with van der Waals surface area (Å²) < 4.78 is 15.4. The molecule has 0 radical (unpaired) electrons. The Hall–Kier alpha value is -7.14. The Morgan fingerprint density at radius 3 is 1.43 bits per heavy atom. The van der Waals surface area contributed by atoms with E-state index in [1.165, 1.54) is 48.5 Å². The number of carboxylic acid groups (broad SMARTS) is 1. The number of phenolic OH excluding ortho intramolecular Hbond substituents is 3. The molecule has 4 N–H and O–H groups in total. The Bertz CT molecular complexity index is 2160. The topological polar surface area (TPSA) is 177 Å². The second kappa shape index (κ2) is 16.3. The van der Waals surface area contributed by atoms with E-state index in [4.69, 9.17) is 19.3 Å². The van der Waals surface area contributed by atoms with Gasteiger partial charge in [0.2, 0.25) is 0 Å². The lowest BCUT2D eigenvalue weighted by Crippen LogP contribution is -2.14. The van der Waals surface area contributed by atoms with Gasteiger partial charge in [0.25, 0.3) is 0 Å². The van der Waals surface area contributed by atoms with Gasteiger partial charge in [-0.25, -0.2) is 19.2 Å². The first-order valence-electron chi connectivity index (χ1n) is 15.4. The molecule has 0 bridgehead atoms. The van der Waals surface area contributed by atoms with Gasteiger partial charge >= 0.3 is 23.9 Å². The van der Waals surface area contributed by atoms with E-state index in [9.17, 15) is 34.5 Å². The maximum Gasteiger partial charge on any atom is 0.343 e. The van der Waals surface area contributed by atoms with E-state index in [1.807, 2.05) is 12.1 Å². The first-order valence-corrected chi connectivity index (χ1v) is 15.4. The Morgan fingerprint density at radius 1 is 0.431 bits per heavy atom. The Kier molecular flexibility index (Phi) is 11.2. The standard InChI is InChI=1S/C20H16O6.C20H14O5/c21-17-6-3-13(4-7-17)19(23)25-9-10-26-20(24)16-2-1-15-12-18(22)8-5-14(15)11-16;21-17-9-5-13(6-10-17)14-7-11-18(12-8-14)25-20(24)16-3-1-15(2-4-16)19(22)23/h1-8,11-12,21-22H,9-10H2;1-12,21H,(H,22,23). The van der Waals surface area contributed by atoms with Crippen LogP contribution in [0.15, 0.2) is 133 Å². The minimum atomic E-state index is -1.05. The molecule has 0 atom stereocenters. The normalized spacial score (nSPS) is 10.4. The highest BCUT2D eigenvalue weighted by molar-refractivity contribution is 5.96. The van der Waals surface area contributed by atoms with Gasteiger partial charge < -0.3 is 34.6 Å². The molecule has 0 spiro atoms. The lowest BCUT2D eigenvalue weighted by atomic mass is 10.1. The molecule has 0 fully saturated rings. The predicted molar refractivity (Wildman–Crippen MR) is 186 cm³/mol. The zero-order valence-electron chi connectivity index (χ0n) is 26.8.